The highest BCUT2D eigenvalue weighted by atomic mass is 32.1. The Bertz CT molecular complexity index is 676. The van der Waals surface area contributed by atoms with Gasteiger partial charge in [-0.25, -0.2) is 4.39 Å². The van der Waals surface area contributed by atoms with E-state index in [0.29, 0.717) is 11.4 Å². The predicted octanol–water partition coefficient (Wildman–Crippen LogP) is 2.74. The van der Waals surface area contributed by atoms with Gasteiger partial charge in [0.05, 0.1) is 5.56 Å². The highest BCUT2D eigenvalue weighted by Gasteiger charge is 2.11. The second-order valence-corrected chi connectivity index (χ2v) is 4.74. The number of halogens is 1. The number of anilines is 1. The van der Waals surface area contributed by atoms with Crippen LogP contribution in [0.3, 0.4) is 0 Å². The van der Waals surface area contributed by atoms with Crippen LogP contribution in [0.2, 0.25) is 0 Å². The lowest BCUT2D eigenvalue weighted by Crippen LogP contribution is -2.18. The number of hydrogen-bond acceptors (Lipinski definition) is 3. The average Bonchev–Trinajstić information content (AvgIpc) is 2.46. The van der Waals surface area contributed by atoms with Crippen molar-refractivity contribution in [2.75, 3.05) is 11.9 Å². The lowest BCUT2D eigenvalue weighted by molar-refractivity contribution is 0.102. The summed E-state index contributed by atoms with van der Waals surface area (Å²) in [5, 5.41) is 2.60. The molecule has 3 N–H and O–H groups in total. The number of hydrogen-bond donors (Lipinski definition) is 2. The third kappa shape index (κ3) is 4.25. The fourth-order valence-electron chi connectivity index (χ4n) is 1.66. The number of ether oxygens (including phenoxy) is 1. The van der Waals surface area contributed by atoms with Crippen LogP contribution >= 0.6 is 12.2 Å². The molecule has 0 unspecified atom stereocenters. The molecule has 2 aromatic carbocycles. The summed E-state index contributed by atoms with van der Waals surface area (Å²) >= 11 is 4.72. The molecule has 0 aliphatic rings. The minimum atomic E-state index is -0.573. The lowest BCUT2D eigenvalue weighted by atomic mass is 10.2. The Kier molecular flexibility index (Phi) is 4.84. The number of thiocarbonyl (C=S) groups is 1. The standard InChI is InChI=1S/C15H13FN2O2S/c16-13-7-2-1-6-12(13)15(19)18-10-4-3-5-11(8-10)20-9-14(17)21/h1-8H,9H2,(H2,17,21)(H,18,19). The van der Waals surface area contributed by atoms with Crippen LogP contribution in [0.4, 0.5) is 10.1 Å². The summed E-state index contributed by atoms with van der Waals surface area (Å²) < 4.78 is 18.8. The summed E-state index contributed by atoms with van der Waals surface area (Å²) in [6.45, 7) is 0.111. The Hall–Kier alpha value is -2.47. The first kappa shape index (κ1) is 14.9. The summed E-state index contributed by atoms with van der Waals surface area (Å²) in [5.74, 6) is -0.593. The highest BCUT2D eigenvalue weighted by molar-refractivity contribution is 7.80. The van der Waals surface area contributed by atoms with Gasteiger partial charge in [-0.05, 0) is 24.3 Å². The molecule has 0 aliphatic heterocycles. The topological polar surface area (TPSA) is 64.3 Å². The van der Waals surface area contributed by atoms with E-state index >= 15 is 0 Å². The first-order valence-electron chi connectivity index (χ1n) is 6.13. The van der Waals surface area contributed by atoms with E-state index in [-0.39, 0.29) is 17.2 Å². The summed E-state index contributed by atoms with van der Waals surface area (Å²) in [5.41, 5.74) is 5.81. The van der Waals surface area contributed by atoms with Crippen LogP contribution in [0.5, 0.6) is 5.75 Å². The smallest absolute Gasteiger partial charge is 0.258 e. The van der Waals surface area contributed by atoms with Crippen LogP contribution in [0.15, 0.2) is 48.5 Å². The Morgan fingerprint density at radius 1 is 1.24 bits per heavy atom. The van der Waals surface area contributed by atoms with Crippen molar-refractivity contribution in [2.24, 2.45) is 5.73 Å². The number of rotatable bonds is 5. The third-order valence-electron chi connectivity index (χ3n) is 2.59. The normalized spacial score (nSPS) is 9.95. The van der Waals surface area contributed by atoms with Gasteiger partial charge in [-0.3, -0.25) is 4.79 Å². The fourth-order valence-corrected chi connectivity index (χ4v) is 1.72. The van der Waals surface area contributed by atoms with Crippen molar-refractivity contribution >= 4 is 28.8 Å². The molecule has 0 saturated heterocycles. The molecule has 0 aromatic heterocycles. The molecule has 0 atom stereocenters. The minimum absolute atomic E-state index is 0.0213. The van der Waals surface area contributed by atoms with E-state index < -0.39 is 11.7 Å². The van der Waals surface area contributed by atoms with Gasteiger partial charge >= 0.3 is 0 Å². The molecule has 4 nitrogen and oxygen atoms in total. The van der Waals surface area contributed by atoms with Crippen LogP contribution in [0, 0.1) is 5.82 Å². The zero-order chi connectivity index (χ0) is 15.2. The molecule has 2 aromatic rings. The van der Waals surface area contributed by atoms with E-state index in [1.807, 2.05) is 0 Å². The molecule has 0 fully saturated rings. The molecule has 0 heterocycles. The van der Waals surface area contributed by atoms with Crippen molar-refractivity contribution in [3.8, 4) is 5.75 Å². The zero-order valence-corrected chi connectivity index (χ0v) is 11.8. The Morgan fingerprint density at radius 3 is 2.71 bits per heavy atom. The van der Waals surface area contributed by atoms with Crippen LogP contribution in [-0.2, 0) is 0 Å². The van der Waals surface area contributed by atoms with Gasteiger partial charge in [0.2, 0.25) is 0 Å². The molecule has 0 aliphatic carbocycles. The molecule has 0 radical (unpaired) electrons. The molecule has 21 heavy (non-hydrogen) atoms. The van der Waals surface area contributed by atoms with Crippen molar-refractivity contribution < 1.29 is 13.9 Å². The van der Waals surface area contributed by atoms with Gasteiger partial charge in [-0.2, -0.15) is 0 Å². The van der Waals surface area contributed by atoms with Crippen molar-refractivity contribution in [1.82, 2.24) is 0 Å². The van der Waals surface area contributed by atoms with Gasteiger partial charge in [-0.15, -0.1) is 0 Å². The van der Waals surface area contributed by atoms with E-state index in [2.05, 4.69) is 5.32 Å². The Morgan fingerprint density at radius 2 is 2.00 bits per heavy atom. The van der Waals surface area contributed by atoms with Crippen molar-refractivity contribution in [1.29, 1.82) is 0 Å². The highest BCUT2D eigenvalue weighted by Crippen LogP contribution is 2.18. The SMILES string of the molecule is NC(=S)COc1cccc(NC(=O)c2ccccc2F)c1. The molecule has 0 spiro atoms. The monoisotopic (exact) mass is 304 g/mol. The maximum Gasteiger partial charge on any atom is 0.258 e. The second kappa shape index (κ2) is 6.81. The predicted molar refractivity (Wildman–Crippen MR) is 83.1 cm³/mol. The van der Waals surface area contributed by atoms with Crippen molar-refractivity contribution in [3.05, 3.63) is 59.9 Å². The lowest BCUT2D eigenvalue weighted by Gasteiger charge is -2.09. The van der Waals surface area contributed by atoms with E-state index in [4.69, 9.17) is 22.7 Å². The van der Waals surface area contributed by atoms with Crippen molar-refractivity contribution in [2.45, 2.75) is 0 Å². The van der Waals surface area contributed by atoms with Gasteiger partial charge in [0.25, 0.3) is 5.91 Å². The molecule has 108 valence electrons. The van der Waals surface area contributed by atoms with Crippen LogP contribution < -0.4 is 15.8 Å². The molecule has 2 rings (SSSR count). The fraction of sp³-hybridized carbons (Fsp3) is 0.0667. The molecular formula is C15H13FN2O2S. The minimum Gasteiger partial charge on any atom is -0.486 e. The van der Waals surface area contributed by atoms with Crippen LogP contribution in [0.25, 0.3) is 0 Å². The second-order valence-electron chi connectivity index (χ2n) is 4.22. The quantitative estimate of drug-likeness (QED) is 0.834. The Labute approximate surface area is 126 Å². The zero-order valence-electron chi connectivity index (χ0n) is 11.0. The van der Waals surface area contributed by atoms with Gasteiger partial charge in [0.15, 0.2) is 0 Å². The maximum atomic E-state index is 13.5. The van der Waals surface area contributed by atoms with Gasteiger partial charge < -0.3 is 15.8 Å². The number of amides is 1. The molecule has 0 saturated carbocycles. The van der Waals surface area contributed by atoms with E-state index in [9.17, 15) is 9.18 Å². The molecule has 6 heteroatoms. The number of benzene rings is 2. The largest absolute Gasteiger partial charge is 0.486 e. The summed E-state index contributed by atoms with van der Waals surface area (Å²) in [6.07, 6.45) is 0. The van der Waals surface area contributed by atoms with Crippen LogP contribution in [-0.4, -0.2) is 17.5 Å². The first-order chi connectivity index (χ1) is 10.1. The Balaban J connectivity index is 2.09. The van der Waals surface area contributed by atoms with Gasteiger partial charge in [0.1, 0.15) is 23.2 Å². The van der Waals surface area contributed by atoms with E-state index in [0.717, 1.165) is 0 Å². The van der Waals surface area contributed by atoms with Crippen LogP contribution in [0.1, 0.15) is 10.4 Å². The third-order valence-corrected chi connectivity index (χ3v) is 2.71. The molecule has 0 bridgehead atoms. The summed E-state index contributed by atoms with van der Waals surface area (Å²) in [6, 6.07) is 12.5. The van der Waals surface area contributed by atoms with Crippen molar-refractivity contribution in [3.63, 3.8) is 0 Å². The van der Waals surface area contributed by atoms with E-state index in [1.165, 1.54) is 18.2 Å². The number of carbonyl (C=O) groups is 1. The van der Waals surface area contributed by atoms with E-state index in [1.54, 1.807) is 30.3 Å². The number of carbonyl (C=O) groups excluding carboxylic acids is 1. The molecular weight excluding hydrogens is 291 g/mol. The van der Waals surface area contributed by atoms with Gasteiger partial charge in [-0.1, -0.05) is 30.4 Å². The summed E-state index contributed by atoms with van der Waals surface area (Å²) in [7, 11) is 0. The molecule has 1 amide bonds. The number of nitrogens with one attached hydrogen (secondary N) is 1. The van der Waals surface area contributed by atoms with Gasteiger partial charge in [0, 0.05) is 11.8 Å². The maximum absolute atomic E-state index is 13.5. The summed E-state index contributed by atoms with van der Waals surface area (Å²) in [4.78, 5) is 12.2. The average molecular weight is 304 g/mol. The first-order valence-corrected chi connectivity index (χ1v) is 6.54. The number of nitrogens with two attached hydrogens (primary N) is 1.